The molecule has 0 heterocycles. The molecule has 0 aliphatic carbocycles. The number of amides is 1. The Hall–Kier alpha value is -1.55. The number of ether oxygens (including phenoxy) is 1. The highest BCUT2D eigenvalue weighted by Gasteiger charge is 2.15. The second kappa shape index (κ2) is 6.40. The smallest absolute Gasteiger partial charge is 0.221 e. The minimum atomic E-state index is -0.318. The summed E-state index contributed by atoms with van der Waals surface area (Å²) in [4.78, 5) is 11.0. The standard InChI is InChI=1S/C14H22N2O2/c1-14(2,18-3)8-9-16-12-7-5-4-6-11(12)10-13(15)17/h4-7,16H,8-10H2,1-3H3,(H2,15,17). The Morgan fingerprint density at radius 3 is 2.67 bits per heavy atom. The van der Waals surface area contributed by atoms with Gasteiger partial charge in [0, 0.05) is 19.3 Å². The van der Waals surface area contributed by atoms with Crippen molar-refractivity contribution in [3.8, 4) is 0 Å². The second-order valence-electron chi connectivity index (χ2n) is 4.94. The number of hydrogen-bond acceptors (Lipinski definition) is 3. The van der Waals surface area contributed by atoms with Crippen LogP contribution < -0.4 is 11.1 Å². The number of carbonyl (C=O) groups is 1. The van der Waals surface area contributed by atoms with Crippen molar-refractivity contribution in [2.24, 2.45) is 5.73 Å². The quantitative estimate of drug-likeness (QED) is 0.777. The van der Waals surface area contributed by atoms with Gasteiger partial charge in [0.25, 0.3) is 0 Å². The Morgan fingerprint density at radius 2 is 2.06 bits per heavy atom. The third-order valence-corrected chi connectivity index (χ3v) is 2.98. The van der Waals surface area contributed by atoms with Crippen LogP contribution in [-0.4, -0.2) is 25.2 Å². The maximum Gasteiger partial charge on any atom is 0.221 e. The lowest BCUT2D eigenvalue weighted by Crippen LogP contribution is -2.26. The third kappa shape index (κ3) is 4.75. The van der Waals surface area contributed by atoms with E-state index in [1.54, 1.807) is 7.11 Å². The number of anilines is 1. The number of nitrogens with one attached hydrogen (secondary N) is 1. The van der Waals surface area contributed by atoms with Crippen LogP contribution in [0.15, 0.2) is 24.3 Å². The molecule has 0 aliphatic heterocycles. The lowest BCUT2D eigenvalue weighted by molar-refractivity contribution is -0.117. The van der Waals surface area contributed by atoms with Crippen LogP contribution in [0.1, 0.15) is 25.8 Å². The van der Waals surface area contributed by atoms with Crippen LogP contribution in [0, 0.1) is 0 Å². The first-order valence-electron chi connectivity index (χ1n) is 6.10. The Balaban J connectivity index is 2.59. The fourth-order valence-electron chi connectivity index (χ4n) is 1.63. The number of primary amides is 1. The number of para-hydroxylation sites is 1. The van der Waals surface area contributed by atoms with Crippen molar-refractivity contribution in [1.82, 2.24) is 0 Å². The van der Waals surface area contributed by atoms with E-state index in [0.717, 1.165) is 24.2 Å². The molecule has 0 aliphatic rings. The van der Waals surface area contributed by atoms with E-state index in [1.165, 1.54) is 0 Å². The number of carbonyl (C=O) groups excluding carboxylic acids is 1. The van der Waals surface area contributed by atoms with Gasteiger partial charge in [0.2, 0.25) is 5.91 Å². The highest BCUT2D eigenvalue weighted by Crippen LogP contribution is 2.17. The average molecular weight is 250 g/mol. The zero-order chi connectivity index (χ0) is 13.6. The van der Waals surface area contributed by atoms with Crippen LogP contribution in [0.4, 0.5) is 5.69 Å². The summed E-state index contributed by atoms with van der Waals surface area (Å²) in [5.41, 5.74) is 6.97. The van der Waals surface area contributed by atoms with Crippen LogP contribution in [0.3, 0.4) is 0 Å². The van der Waals surface area contributed by atoms with Crippen LogP contribution >= 0.6 is 0 Å². The van der Waals surface area contributed by atoms with E-state index in [1.807, 2.05) is 38.1 Å². The summed E-state index contributed by atoms with van der Waals surface area (Å²) in [6, 6.07) is 7.71. The van der Waals surface area contributed by atoms with Gasteiger partial charge in [-0.1, -0.05) is 18.2 Å². The van der Waals surface area contributed by atoms with Gasteiger partial charge in [0.1, 0.15) is 0 Å². The van der Waals surface area contributed by atoms with E-state index in [4.69, 9.17) is 10.5 Å². The van der Waals surface area contributed by atoms with Gasteiger partial charge in [-0.3, -0.25) is 4.79 Å². The van der Waals surface area contributed by atoms with Gasteiger partial charge in [0.15, 0.2) is 0 Å². The van der Waals surface area contributed by atoms with Crippen molar-refractivity contribution >= 4 is 11.6 Å². The molecule has 4 nitrogen and oxygen atoms in total. The Labute approximate surface area is 109 Å². The molecule has 0 saturated carbocycles. The number of rotatable bonds is 7. The molecule has 18 heavy (non-hydrogen) atoms. The molecule has 0 saturated heterocycles. The van der Waals surface area contributed by atoms with Gasteiger partial charge >= 0.3 is 0 Å². The monoisotopic (exact) mass is 250 g/mol. The van der Waals surface area contributed by atoms with E-state index in [9.17, 15) is 4.79 Å². The van der Waals surface area contributed by atoms with E-state index < -0.39 is 0 Å². The van der Waals surface area contributed by atoms with Gasteiger partial charge in [-0.15, -0.1) is 0 Å². The minimum Gasteiger partial charge on any atom is -0.385 e. The van der Waals surface area contributed by atoms with Gasteiger partial charge in [-0.2, -0.15) is 0 Å². The van der Waals surface area contributed by atoms with Gasteiger partial charge < -0.3 is 15.8 Å². The third-order valence-electron chi connectivity index (χ3n) is 2.98. The molecule has 1 amide bonds. The lowest BCUT2D eigenvalue weighted by atomic mass is 10.0. The summed E-state index contributed by atoms with van der Waals surface area (Å²) in [7, 11) is 1.71. The second-order valence-corrected chi connectivity index (χ2v) is 4.94. The Bertz CT molecular complexity index is 403. The largest absolute Gasteiger partial charge is 0.385 e. The van der Waals surface area contributed by atoms with Crippen LogP contribution in [0.5, 0.6) is 0 Å². The van der Waals surface area contributed by atoms with Crippen molar-refractivity contribution in [3.63, 3.8) is 0 Å². The molecule has 100 valence electrons. The molecule has 0 unspecified atom stereocenters. The SMILES string of the molecule is COC(C)(C)CCNc1ccccc1CC(N)=O. The van der Waals surface area contributed by atoms with Crippen molar-refractivity contribution in [3.05, 3.63) is 29.8 Å². The summed E-state index contributed by atoms with van der Waals surface area (Å²) in [5, 5.41) is 3.32. The topological polar surface area (TPSA) is 64.3 Å². The van der Waals surface area contributed by atoms with Gasteiger partial charge in [0.05, 0.1) is 12.0 Å². The highest BCUT2D eigenvalue weighted by molar-refractivity contribution is 5.78. The predicted molar refractivity (Wildman–Crippen MR) is 73.5 cm³/mol. The van der Waals surface area contributed by atoms with Crippen molar-refractivity contribution in [1.29, 1.82) is 0 Å². The molecule has 0 spiro atoms. The Morgan fingerprint density at radius 1 is 1.39 bits per heavy atom. The molecule has 1 rings (SSSR count). The number of hydrogen-bond donors (Lipinski definition) is 2. The molecule has 3 N–H and O–H groups in total. The zero-order valence-corrected chi connectivity index (χ0v) is 11.3. The van der Waals surface area contributed by atoms with E-state index in [-0.39, 0.29) is 17.9 Å². The molecular formula is C14H22N2O2. The van der Waals surface area contributed by atoms with Crippen molar-refractivity contribution in [2.75, 3.05) is 19.0 Å². The van der Waals surface area contributed by atoms with Crippen LogP contribution in [0.25, 0.3) is 0 Å². The number of methoxy groups -OCH3 is 1. The average Bonchev–Trinajstić information content (AvgIpc) is 2.30. The predicted octanol–water partition coefficient (Wildman–Crippen LogP) is 1.94. The van der Waals surface area contributed by atoms with E-state index in [2.05, 4.69) is 5.32 Å². The number of benzene rings is 1. The molecule has 4 heteroatoms. The fraction of sp³-hybridized carbons (Fsp3) is 0.500. The first kappa shape index (κ1) is 14.5. The summed E-state index contributed by atoms with van der Waals surface area (Å²) in [5.74, 6) is -0.318. The zero-order valence-electron chi connectivity index (χ0n) is 11.3. The van der Waals surface area contributed by atoms with Crippen LogP contribution in [0.2, 0.25) is 0 Å². The summed E-state index contributed by atoms with van der Waals surface area (Å²) < 4.78 is 5.36. The van der Waals surface area contributed by atoms with Crippen molar-refractivity contribution in [2.45, 2.75) is 32.3 Å². The minimum absolute atomic E-state index is 0.147. The molecule has 0 aromatic heterocycles. The van der Waals surface area contributed by atoms with Crippen molar-refractivity contribution < 1.29 is 9.53 Å². The fourth-order valence-corrected chi connectivity index (χ4v) is 1.63. The Kier molecular flexibility index (Phi) is 5.16. The maximum absolute atomic E-state index is 11.0. The molecular weight excluding hydrogens is 228 g/mol. The maximum atomic E-state index is 11.0. The first-order chi connectivity index (χ1) is 8.44. The molecule has 1 aromatic rings. The number of nitrogens with two attached hydrogens (primary N) is 1. The van der Waals surface area contributed by atoms with Gasteiger partial charge in [-0.05, 0) is 31.9 Å². The molecule has 0 bridgehead atoms. The van der Waals surface area contributed by atoms with E-state index >= 15 is 0 Å². The molecule has 0 atom stereocenters. The molecule has 0 fully saturated rings. The molecule has 1 aromatic carbocycles. The summed E-state index contributed by atoms with van der Waals surface area (Å²) in [6.45, 7) is 4.88. The normalized spacial score (nSPS) is 11.3. The van der Waals surface area contributed by atoms with E-state index in [0.29, 0.717) is 0 Å². The lowest BCUT2D eigenvalue weighted by Gasteiger charge is -2.23. The molecule has 0 radical (unpaired) electrons. The highest BCUT2D eigenvalue weighted by atomic mass is 16.5. The first-order valence-corrected chi connectivity index (χ1v) is 6.10. The van der Waals surface area contributed by atoms with Gasteiger partial charge in [-0.25, -0.2) is 0 Å². The summed E-state index contributed by atoms with van der Waals surface area (Å²) in [6.07, 6.45) is 1.14. The summed E-state index contributed by atoms with van der Waals surface area (Å²) >= 11 is 0. The van der Waals surface area contributed by atoms with Crippen LogP contribution in [-0.2, 0) is 16.0 Å².